The summed E-state index contributed by atoms with van der Waals surface area (Å²) >= 11 is 0. The van der Waals surface area contributed by atoms with Crippen molar-refractivity contribution in [2.75, 3.05) is 19.6 Å². The third kappa shape index (κ3) is 5.11. The van der Waals surface area contributed by atoms with Gasteiger partial charge in [-0.2, -0.15) is 0 Å². The van der Waals surface area contributed by atoms with Crippen LogP contribution in [-0.4, -0.2) is 41.1 Å². The summed E-state index contributed by atoms with van der Waals surface area (Å²) < 4.78 is 21.8. The van der Waals surface area contributed by atoms with Crippen LogP contribution in [0.1, 0.15) is 55.4 Å². The average molecular weight is 414 g/mol. The normalized spacial score (nSPS) is 12.6. The minimum Gasteiger partial charge on any atom is -0.460 e. The van der Waals surface area contributed by atoms with E-state index in [1.807, 2.05) is 24.5 Å². The van der Waals surface area contributed by atoms with E-state index >= 15 is 0 Å². The largest absolute Gasteiger partial charge is 0.460 e. The van der Waals surface area contributed by atoms with E-state index in [4.69, 9.17) is 4.42 Å². The number of hydrogen-bond acceptors (Lipinski definition) is 3. The number of aromatic nitrogens is 1. The van der Waals surface area contributed by atoms with Gasteiger partial charge in [-0.3, -0.25) is 4.79 Å². The molecule has 0 bridgehead atoms. The molecule has 162 valence electrons. The average Bonchev–Trinajstić information content (AvgIpc) is 3.24. The highest BCUT2D eigenvalue weighted by Crippen LogP contribution is 2.25. The number of carbonyl (C=O) groups excluding carboxylic acids is 1. The maximum Gasteiger partial charge on any atom is 0.268 e. The number of nitrogens with zero attached hydrogens (tertiary/aromatic N) is 2. The zero-order valence-corrected chi connectivity index (χ0v) is 18.4. The van der Waals surface area contributed by atoms with Crippen LogP contribution in [0.5, 0.6) is 0 Å². The molecule has 5 nitrogen and oxygen atoms in total. The lowest BCUT2D eigenvalue weighted by Crippen LogP contribution is -2.35. The van der Waals surface area contributed by atoms with Gasteiger partial charge in [-0.1, -0.05) is 32.0 Å². The first-order valence-electron chi connectivity index (χ1n) is 10.8. The van der Waals surface area contributed by atoms with Crippen molar-refractivity contribution in [3.8, 4) is 0 Å². The van der Waals surface area contributed by atoms with E-state index in [1.165, 1.54) is 6.07 Å². The van der Waals surface area contributed by atoms with E-state index < -0.39 is 0 Å². The molecule has 3 rings (SSSR count). The second kappa shape index (κ2) is 9.94. The molecule has 1 amide bonds. The Morgan fingerprint density at radius 2 is 1.97 bits per heavy atom. The second-order valence-corrected chi connectivity index (χ2v) is 7.86. The summed E-state index contributed by atoms with van der Waals surface area (Å²) in [7, 11) is 0. The quantitative estimate of drug-likeness (QED) is 0.510. The summed E-state index contributed by atoms with van der Waals surface area (Å²) in [4.78, 5) is 15.4. The van der Waals surface area contributed by atoms with E-state index in [2.05, 4.69) is 24.1 Å². The summed E-state index contributed by atoms with van der Waals surface area (Å²) in [6, 6.07) is 10.3. The number of rotatable bonds is 10. The predicted octanol–water partition coefficient (Wildman–Crippen LogP) is 4.97. The Labute approximate surface area is 177 Å². The van der Waals surface area contributed by atoms with Crippen LogP contribution in [0.4, 0.5) is 4.39 Å². The standard InChI is InChI=1S/C24H32FN3O2/c1-5-27(6-2)13-9-10-17(3)26-24(29)22-15-23-21(14-18(4)30-23)28(22)16-19-11-7-8-12-20(19)25/h7-8,11-12,14-15,17H,5-6,9-10,13,16H2,1-4H3,(H,26,29)/t17-/m0/s1. The fourth-order valence-electron chi connectivity index (χ4n) is 3.85. The molecule has 0 aliphatic rings. The van der Waals surface area contributed by atoms with Crippen molar-refractivity contribution in [2.24, 2.45) is 0 Å². The molecule has 1 N–H and O–H groups in total. The molecule has 1 aromatic carbocycles. The van der Waals surface area contributed by atoms with E-state index in [1.54, 1.807) is 24.3 Å². The van der Waals surface area contributed by atoms with Crippen LogP contribution in [0, 0.1) is 12.7 Å². The Balaban J connectivity index is 1.75. The summed E-state index contributed by atoms with van der Waals surface area (Å²) in [5.41, 5.74) is 2.47. The Morgan fingerprint density at radius 3 is 2.67 bits per heavy atom. The highest BCUT2D eigenvalue weighted by Gasteiger charge is 2.20. The summed E-state index contributed by atoms with van der Waals surface area (Å²) in [5.74, 6) is 0.320. The number of carbonyl (C=O) groups is 1. The van der Waals surface area contributed by atoms with Crippen molar-refractivity contribution in [3.05, 3.63) is 59.2 Å². The first kappa shape index (κ1) is 22.1. The van der Waals surface area contributed by atoms with Gasteiger partial charge in [0, 0.05) is 23.7 Å². The number of furan rings is 1. The molecule has 0 aliphatic heterocycles. The number of amides is 1. The summed E-state index contributed by atoms with van der Waals surface area (Å²) in [6.07, 6.45) is 1.94. The predicted molar refractivity (Wildman–Crippen MR) is 118 cm³/mol. The van der Waals surface area contributed by atoms with Crippen LogP contribution < -0.4 is 5.32 Å². The lowest BCUT2D eigenvalue weighted by atomic mass is 10.1. The highest BCUT2D eigenvalue weighted by atomic mass is 19.1. The molecule has 0 spiro atoms. The molecule has 2 aromatic heterocycles. The Morgan fingerprint density at radius 1 is 1.23 bits per heavy atom. The molecule has 0 saturated carbocycles. The van der Waals surface area contributed by atoms with Gasteiger partial charge in [0.05, 0.1) is 12.1 Å². The molecule has 0 unspecified atom stereocenters. The van der Waals surface area contributed by atoms with Crippen molar-refractivity contribution < 1.29 is 13.6 Å². The molecule has 6 heteroatoms. The topological polar surface area (TPSA) is 50.4 Å². The molecule has 3 aromatic rings. The molecule has 1 atom stereocenters. The van der Waals surface area contributed by atoms with Gasteiger partial charge in [-0.25, -0.2) is 4.39 Å². The van der Waals surface area contributed by atoms with Crippen LogP contribution in [0.15, 0.2) is 40.8 Å². The van der Waals surface area contributed by atoms with E-state index in [-0.39, 0.29) is 24.3 Å². The third-order valence-corrected chi connectivity index (χ3v) is 5.62. The molecule has 0 fully saturated rings. The maximum absolute atomic E-state index is 14.3. The first-order valence-corrected chi connectivity index (χ1v) is 10.8. The van der Waals surface area contributed by atoms with Crippen LogP contribution in [0.25, 0.3) is 11.1 Å². The van der Waals surface area contributed by atoms with E-state index in [9.17, 15) is 9.18 Å². The van der Waals surface area contributed by atoms with Gasteiger partial charge in [0.25, 0.3) is 5.91 Å². The monoisotopic (exact) mass is 413 g/mol. The first-order chi connectivity index (χ1) is 14.4. The zero-order valence-electron chi connectivity index (χ0n) is 18.4. The number of fused-ring (bicyclic) bond motifs is 1. The Bertz CT molecular complexity index is 988. The molecular formula is C24H32FN3O2. The van der Waals surface area contributed by atoms with Crippen LogP contribution >= 0.6 is 0 Å². The van der Waals surface area contributed by atoms with Gasteiger partial charge < -0.3 is 19.2 Å². The molecule has 0 aliphatic carbocycles. The number of benzene rings is 1. The minimum absolute atomic E-state index is 0.0536. The third-order valence-electron chi connectivity index (χ3n) is 5.62. The smallest absolute Gasteiger partial charge is 0.268 e. The summed E-state index contributed by atoms with van der Waals surface area (Å²) in [6.45, 7) is 11.6. The van der Waals surface area contributed by atoms with Gasteiger partial charge in [-0.15, -0.1) is 0 Å². The zero-order chi connectivity index (χ0) is 21.7. The number of aryl methyl sites for hydroxylation is 1. The van der Waals surface area contributed by atoms with Gasteiger partial charge in [0.15, 0.2) is 5.58 Å². The highest BCUT2D eigenvalue weighted by molar-refractivity contribution is 5.97. The number of halogens is 1. The minimum atomic E-state index is -0.282. The van der Waals surface area contributed by atoms with Crippen LogP contribution in [-0.2, 0) is 6.54 Å². The molecule has 30 heavy (non-hydrogen) atoms. The van der Waals surface area contributed by atoms with E-state index in [0.717, 1.165) is 43.8 Å². The van der Waals surface area contributed by atoms with Gasteiger partial charge in [0.2, 0.25) is 0 Å². The SMILES string of the molecule is CCN(CC)CCC[C@H](C)NC(=O)c1cc2oc(C)cc2n1Cc1ccccc1F. The Hall–Kier alpha value is -2.60. The van der Waals surface area contributed by atoms with Gasteiger partial charge in [-0.05, 0) is 52.4 Å². The molecule has 0 radical (unpaired) electrons. The fraction of sp³-hybridized carbons (Fsp3) is 0.458. The van der Waals surface area contributed by atoms with Crippen molar-refractivity contribution in [2.45, 2.75) is 53.1 Å². The molecular weight excluding hydrogens is 381 g/mol. The van der Waals surface area contributed by atoms with Crippen molar-refractivity contribution >= 4 is 17.0 Å². The van der Waals surface area contributed by atoms with Crippen molar-refractivity contribution in [1.82, 2.24) is 14.8 Å². The number of nitrogens with one attached hydrogen (secondary N) is 1. The fourth-order valence-corrected chi connectivity index (χ4v) is 3.85. The summed E-state index contributed by atoms with van der Waals surface area (Å²) in [5, 5.41) is 3.10. The van der Waals surface area contributed by atoms with Crippen LogP contribution in [0.2, 0.25) is 0 Å². The number of hydrogen-bond donors (Lipinski definition) is 1. The second-order valence-electron chi connectivity index (χ2n) is 7.86. The maximum atomic E-state index is 14.3. The molecule has 0 saturated heterocycles. The van der Waals surface area contributed by atoms with Crippen molar-refractivity contribution in [3.63, 3.8) is 0 Å². The van der Waals surface area contributed by atoms with Crippen LogP contribution in [0.3, 0.4) is 0 Å². The lowest BCUT2D eigenvalue weighted by Gasteiger charge is -2.20. The lowest BCUT2D eigenvalue weighted by molar-refractivity contribution is 0.0928. The Kier molecular flexibility index (Phi) is 7.32. The molecule has 2 heterocycles. The van der Waals surface area contributed by atoms with Gasteiger partial charge >= 0.3 is 0 Å². The van der Waals surface area contributed by atoms with Gasteiger partial charge in [0.1, 0.15) is 17.3 Å². The van der Waals surface area contributed by atoms with E-state index in [0.29, 0.717) is 16.8 Å². The van der Waals surface area contributed by atoms with Crippen molar-refractivity contribution in [1.29, 1.82) is 0 Å².